The Labute approximate surface area is 82.1 Å². The molecule has 0 spiro atoms. The fourth-order valence-corrected chi connectivity index (χ4v) is 1.11. The normalized spacial score (nSPS) is 11.8. The predicted octanol–water partition coefficient (Wildman–Crippen LogP) is 0.729. The molecular formula is C10H11N3O. The van der Waals surface area contributed by atoms with Gasteiger partial charge in [0.25, 0.3) is 0 Å². The lowest BCUT2D eigenvalue weighted by Gasteiger charge is -2.09. The standard InChI is InChI=1S/C10H11N3O/c1-6(14)10(13)7-2-3-8(5-11)9(12)4-7/h2-4,10H,12-13H2,1H3. The van der Waals surface area contributed by atoms with Crippen LogP contribution in [0.4, 0.5) is 5.69 Å². The van der Waals surface area contributed by atoms with E-state index in [9.17, 15) is 4.79 Å². The molecule has 0 bridgehead atoms. The summed E-state index contributed by atoms with van der Waals surface area (Å²) in [5, 5.41) is 8.63. The van der Waals surface area contributed by atoms with Crippen LogP contribution in [0.15, 0.2) is 18.2 Å². The van der Waals surface area contributed by atoms with Crippen molar-refractivity contribution in [1.82, 2.24) is 0 Å². The molecule has 1 aromatic carbocycles. The summed E-state index contributed by atoms with van der Waals surface area (Å²) in [7, 11) is 0. The largest absolute Gasteiger partial charge is 0.398 e. The molecule has 1 unspecified atom stereocenters. The predicted molar refractivity (Wildman–Crippen MR) is 53.2 cm³/mol. The van der Waals surface area contributed by atoms with Gasteiger partial charge in [-0.15, -0.1) is 0 Å². The molecule has 4 N–H and O–H groups in total. The summed E-state index contributed by atoms with van der Waals surface area (Å²) < 4.78 is 0. The summed E-state index contributed by atoms with van der Waals surface area (Å²) in [6.45, 7) is 1.42. The van der Waals surface area contributed by atoms with Gasteiger partial charge in [0.2, 0.25) is 0 Å². The van der Waals surface area contributed by atoms with Gasteiger partial charge < -0.3 is 11.5 Å². The molecule has 1 atom stereocenters. The highest BCUT2D eigenvalue weighted by atomic mass is 16.1. The maximum atomic E-state index is 11.0. The van der Waals surface area contributed by atoms with Gasteiger partial charge in [0.05, 0.1) is 11.6 Å². The van der Waals surface area contributed by atoms with E-state index in [0.29, 0.717) is 16.8 Å². The maximum Gasteiger partial charge on any atom is 0.150 e. The average molecular weight is 189 g/mol. The number of nitrogen functional groups attached to an aromatic ring is 1. The van der Waals surface area contributed by atoms with Gasteiger partial charge in [0.1, 0.15) is 6.07 Å². The van der Waals surface area contributed by atoms with Crippen LogP contribution in [0, 0.1) is 11.3 Å². The van der Waals surface area contributed by atoms with Crippen LogP contribution < -0.4 is 11.5 Å². The Morgan fingerprint density at radius 3 is 2.64 bits per heavy atom. The fourth-order valence-electron chi connectivity index (χ4n) is 1.11. The van der Waals surface area contributed by atoms with Crippen LogP contribution in [0.3, 0.4) is 0 Å². The molecule has 1 aromatic rings. The molecule has 4 heteroatoms. The van der Waals surface area contributed by atoms with E-state index in [-0.39, 0.29) is 5.78 Å². The molecule has 0 fully saturated rings. The van der Waals surface area contributed by atoms with Gasteiger partial charge in [0, 0.05) is 5.69 Å². The molecule has 0 radical (unpaired) electrons. The molecule has 0 saturated carbocycles. The number of anilines is 1. The lowest BCUT2D eigenvalue weighted by atomic mass is 10.0. The molecule has 1 rings (SSSR count). The van der Waals surface area contributed by atoms with Crippen LogP contribution in [0.2, 0.25) is 0 Å². The Morgan fingerprint density at radius 1 is 1.57 bits per heavy atom. The number of nitriles is 1. The third-order valence-electron chi connectivity index (χ3n) is 1.99. The van der Waals surface area contributed by atoms with E-state index in [1.54, 1.807) is 18.2 Å². The minimum atomic E-state index is -0.662. The van der Waals surface area contributed by atoms with E-state index in [1.165, 1.54) is 6.92 Å². The highest BCUT2D eigenvalue weighted by Crippen LogP contribution is 2.18. The van der Waals surface area contributed by atoms with Crippen molar-refractivity contribution < 1.29 is 4.79 Å². The zero-order valence-electron chi connectivity index (χ0n) is 7.82. The first-order chi connectivity index (χ1) is 6.56. The first-order valence-corrected chi connectivity index (χ1v) is 4.12. The molecule has 0 aliphatic rings. The van der Waals surface area contributed by atoms with Crippen molar-refractivity contribution in [3.05, 3.63) is 29.3 Å². The van der Waals surface area contributed by atoms with Crippen molar-refractivity contribution >= 4 is 11.5 Å². The summed E-state index contributed by atoms with van der Waals surface area (Å²) in [6, 6.07) is 6.04. The van der Waals surface area contributed by atoms with Gasteiger partial charge in [-0.3, -0.25) is 4.79 Å². The third-order valence-corrected chi connectivity index (χ3v) is 1.99. The van der Waals surface area contributed by atoms with Crippen LogP contribution in [-0.2, 0) is 4.79 Å². The molecule has 0 aliphatic heterocycles. The first kappa shape index (κ1) is 10.2. The van der Waals surface area contributed by atoms with E-state index >= 15 is 0 Å². The summed E-state index contributed by atoms with van der Waals surface area (Å²) in [4.78, 5) is 11.0. The lowest BCUT2D eigenvalue weighted by molar-refractivity contribution is -0.118. The topological polar surface area (TPSA) is 92.9 Å². The van der Waals surface area contributed by atoms with E-state index in [0.717, 1.165) is 0 Å². The number of carbonyl (C=O) groups is 1. The lowest BCUT2D eigenvalue weighted by Crippen LogP contribution is -2.18. The monoisotopic (exact) mass is 189 g/mol. The van der Waals surface area contributed by atoms with Crippen LogP contribution >= 0.6 is 0 Å². The fraction of sp³-hybridized carbons (Fsp3) is 0.200. The second-order valence-corrected chi connectivity index (χ2v) is 3.05. The quantitative estimate of drug-likeness (QED) is 0.670. The summed E-state index contributed by atoms with van der Waals surface area (Å²) in [5.41, 5.74) is 12.6. The minimum Gasteiger partial charge on any atom is -0.398 e. The molecule has 0 aromatic heterocycles. The number of ketones is 1. The number of carbonyl (C=O) groups excluding carboxylic acids is 1. The highest BCUT2D eigenvalue weighted by molar-refractivity contribution is 5.83. The zero-order valence-corrected chi connectivity index (χ0v) is 7.82. The van der Waals surface area contributed by atoms with Crippen molar-refractivity contribution in [2.75, 3.05) is 5.73 Å². The van der Waals surface area contributed by atoms with Crippen LogP contribution in [0.1, 0.15) is 24.1 Å². The second kappa shape index (κ2) is 3.90. The molecule has 4 nitrogen and oxygen atoms in total. The molecule has 72 valence electrons. The number of benzene rings is 1. The Bertz CT molecular complexity index is 406. The number of nitrogens with two attached hydrogens (primary N) is 2. The minimum absolute atomic E-state index is 0.130. The number of Topliss-reactive ketones (excluding diaryl/α,β-unsaturated/α-hetero) is 1. The number of hydrogen-bond donors (Lipinski definition) is 2. The van der Waals surface area contributed by atoms with Crippen LogP contribution in [0.5, 0.6) is 0 Å². The smallest absolute Gasteiger partial charge is 0.150 e. The molecular weight excluding hydrogens is 178 g/mol. The molecule has 0 aliphatic carbocycles. The van der Waals surface area contributed by atoms with Gasteiger partial charge in [-0.05, 0) is 24.6 Å². The SMILES string of the molecule is CC(=O)C(N)c1ccc(C#N)c(N)c1. The second-order valence-electron chi connectivity index (χ2n) is 3.05. The van der Waals surface area contributed by atoms with Crippen molar-refractivity contribution in [2.24, 2.45) is 5.73 Å². The van der Waals surface area contributed by atoms with Gasteiger partial charge in [0.15, 0.2) is 5.78 Å². The maximum absolute atomic E-state index is 11.0. The number of hydrogen-bond acceptors (Lipinski definition) is 4. The van der Waals surface area contributed by atoms with Gasteiger partial charge >= 0.3 is 0 Å². The van der Waals surface area contributed by atoms with Crippen LogP contribution in [-0.4, -0.2) is 5.78 Å². The van der Waals surface area contributed by atoms with Crippen molar-refractivity contribution in [1.29, 1.82) is 5.26 Å². The zero-order chi connectivity index (χ0) is 10.7. The van der Waals surface area contributed by atoms with Crippen molar-refractivity contribution in [2.45, 2.75) is 13.0 Å². The highest BCUT2D eigenvalue weighted by Gasteiger charge is 2.11. The Hall–Kier alpha value is -1.86. The van der Waals surface area contributed by atoms with E-state index < -0.39 is 6.04 Å². The van der Waals surface area contributed by atoms with E-state index in [1.807, 2.05) is 6.07 Å². The first-order valence-electron chi connectivity index (χ1n) is 4.12. The molecule has 0 saturated heterocycles. The number of rotatable bonds is 2. The van der Waals surface area contributed by atoms with Crippen molar-refractivity contribution in [3.63, 3.8) is 0 Å². The van der Waals surface area contributed by atoms with Crippen LogP contribution in [0.25, 0.3) is 0 Å². The number of nitrogens with zero attached hydrogens (tertiary/aromatic N) is 1. The average Bonchev–Trinajstić information content (AvgIpc) is 2.16. The molecule has 14 heavy (non-hydrogen) atoms. The van der Waals surface area contributed by atoms with Gasteiger partial charge in [-0.2, -0.15) is 5.26 Å². The Balaban J connectivity index is 3.10. The van der Waals surface area contributed by atoms with E-state index in [4.69, 9.17) is 16.7 Å². The molecule has 0 heterocycles. The Morgan fingerprint density at radius 2 is 2.21 bits per heavy atom. The van der Waals surface area contributed by atoms with E-state index in [2.05, 4.69) is 0 Å². The Kier molecular flexibility index (Phi) is 2.85. The van der Waals surface area contributed by atoms with Crippen molar-refractivity contribution in [3.8, 4) is 6.07 Å². The summed E-state index contributed by atoms with van der Waals surface area (Å²) >= 11 is 0. The summed E-state index contributed by atoms with van der Waals surface area (Å²) in [5.74, 6) is -0.130. The van der Waals surface area contributed by atoms with Gasteiger partial charge in [-0.25, -0.2) is 0 Å². The third kappa shape index (κ3) is 1.90. The summed E-state index contributed by atoms with van der Waals surface area (Å²) in [6.07, 6.45) is 0. The van der Waals surface area contributed by atoms with Gasteiger partial charge in [-0.1, -0.05) is 6.07 Å². The molecule has 0 amide bonds.